The summed E-state index contributed by atoms with van der Waals surface area (Å²) in [6, 6.07) is 32.0. The fourth-order valence-corrected chi connectivity index (χ4v) is 2.51. The zero-order chi connectivity index (χ0) is 26.9. The second-order valence-electron chi connectivity index (χ2n) is 4.67. The molecular weight excluding hydrogens is 408 g/mol. The van der Waals surface area contributed by atoms with Gasteiger partial charge in [0.15, 0.2) is 0 Å². The van der Waals surface area contributed by atoms with Crippen molar-refractivity contribution >= 4 is 0 Å². The van der Waals surface area contributed by atoms with E-state index in [1.54, 1.807) is 0 Å². The molecule has 0 unspecified atom stereocenters. The topological polar surface area (TPSA) is 60.7 Å². The molecule has 0 aliphatic rings. The largest absolute Gasteiger partial charge is 0.400 e. The van der Waals surface area contributed by atoms with Gasteiger partial charge in [0.25, 0.3) is 0 Å². The van der Waals surface area contributed by atoms with Crippen molar-refractivity contribution in [3.8, 4) is 0 Å². The highest BCUT2D eigenvalue weighted by Crippen LogP contribution is 2.31. The molecule has 0 aromatic heterocycles. The van der Waals surface area contributed by atoms with Crippen LogP contribution >= 0.6 is 0 Å². The van der Waals surface area contributed by atoms with Crippen molar-refractivity contribution in [2.45, 2.75) is 61.3 Å². The van der Waals surface area contributed by atoms with E-state index in [-0.39, 0.29) is 0 Å². The molecule has 33 heavy (non-hydrogen) atoms. The molecule has 3 aromatic rings. The minimum atomic E-state index is 0.309. The van der Waals surface area contributed by atoms with Crippen molar-refractivity contribution in [1.29, 1.82) is 0 Å². The maximum absolute atomic E-state index is 7.00. The summed E-state index contributed by atoms with van der Waals surface area (Å²) < 4.78 is 0. The number of aliphatic hydroxyl groups is 3. The Hall–Kier alpha value is -2.46. The Morgan fingerprint density at radius 2 is 0.485 bits per heavy atom. The molecule has 3 N–H and O–H groups in total. The third-order valence-corrected chi connectivity index (χ3v) is 3.40. The summed E-state index contributed by atoms with van der Waals surface area (Å²) in [6.45, 7) is 16.0. The van der Waals surface area contributed by atoms with Gasteiger partial charge in [-0.1, -0.05) is 146 Å². The molecular formula is C30H52O3. The predicted octanol–water partition coefficient (Wildman–Crippen LogP) is 7.80. The van der Waals surface area contributed by atoms with Crippen LogP contribution < -0.4 is 0 Å². The van der Waals surface area contributed by atoms with Crippen molar-refractivity contribution in [3.63, 3.8) is 0 Å². The van der Waals surface area contributed by atoms with Gasteiger partial charge in [-0.25, -0.2) is 0 Å². The van der Waals surface area contributed by atoms with E-state index in [0.29, 0.717) is 5.92 Å². The van der Waals surface area contributed by atoms with Crippen LogP contribution in [-0.2, 0) is 0 Å². The Morgan fingerprint density at radius 3 is 0.636 bits per heavy atom. The van der Waals surface area contributed by atoms with E-state index in [1.165, 1.54) is 16.7 Å². The quantitative estimate of drug-likeness (QED) is 0.349. The molecule has 0 radical (unpaired) electrons. The molecule has 3 aromatic carbocycles. The maximum atomic E-state index is 7.00. The Bertz CT molecular complexity index is 533. The average Bonchev–Trinajstić information content (AvgIpc) is 2.98. The molecule has 0 aliphatic heterocycles. The zero-order valence-corrected chi connectivity index (χ0v) is 23.1. The molecule has 3 nitrogen and oxygen atoms in total. The van der Waals surface area contributed by atoms with E-state index < -0.39 is 0 Å². The van der Waals surface area contributed by atoms with Gasteiger partial charge in [0.1, 0.15) is 0 Å². The summed E-state index contributed by atoms with van der Waals surface area (Å²) in [7, 11) is 3.00. The van der Waals surface area contributed by atoms with E-state index in [4.69, 9.17) is 15.3 Å². The predicted molar refractivity (Wildman–Crippen MR) is 150 cm³/mol. The molecule has 190 valence electrons. The molecule has 0 heterocycles. The van der Waals surface area contributed by atoms with Gasteiger partial charge in [0, 0.05) is 27.2 Å². The molecule has 3 heteroatoms. The van der Waals surface area contributed by atoms with Crippen LogP contribution in [0.2, 0.25) is 0 Å². The lowest BCUT2D eigenvalue weighted by Crippen LogP contribution is -2.02. The third kappa shape index (κ3) is 19.9. The van der Waals surface area contributed by atoms with Gasteiger partial charge in [-0.3, -0.25) is 0 Å². The zero-order valence-electron chi connectivity index (χ0n) is 23.1. The Morgan fingerprint density at radius 1 is 0.333 bits per heavy atom. The molecule has 0 saturated carbocycles. The highest BCUT2D eigenvalue weighted by molar-refractivity contribution is 5.42. The van der Waals surface area contributed by atoms with Crippen LogP contribution in [0.4, 0.5) is 0 Å². The fraction of sp³-hybridized carbons (Fsp3) is 0.400. The first-order valence-corrected chi connectivity index (χ1v) is 11.9. The molecule has 0 spiro atoms. The number of rotatable bonds is 3. The first-order valence-electron chi connectivity index (χ1n) is 11.9. The van der Waals surface area contributed by atoms with Crippen LogP contribution in [-0.4, -0.2) is 36.6 Å². The lowest BCUT2D eigenvalue weighted by molar-refractivity contribution is 0.399. The molecule has 0 bridgehead atoms. The van der Waals surface area contributed by atoms with Gasteiger partial charge < -0.3 is 15.3 Å². The minimum Gasteiger partial charge on any atom is -0.400 e. The van der Waals surface area contributed by atoms with E-state index in [2.05, 4.69) is 91.0 Å². The van der Waals surface area contributed by atoms with E-state index >= 15 is 0 Å². The Labute approximate surface area is 205 Å². The van der Waals surface area contributed by atoms with E-state index in [1.807, 2.05) is 55.4 Å². The van der Waals surface area contributed by atoms with Crippen LogP contribution in [0.5, 0.6) is 0 Å². The van der Waals surface area contributed by atoms with Crippen LogP contribution in [0.15, 0.2) is 91.0 Å². The molecule has 0 amide bonds. The second kappa shape index (κ2) is 40.0. The first kappa shape index (κ1) is 40.9. The summed E-state index contributed by atoms with van der Waals surface area (Å²) in [6.07, 6.45) is 0. The maximum Gasteiger partial charge on any atom is 0.0339 e. The number of hydrogen-bond acceptors (Lipinski definition) is 3. The second-order valence-corrected chi connectivity index (χ2v) is 4.67. The summed E-state index contributed by atoms with van der Waals surface area (Å²) in [4.78, 5) is 0. The highest BCUT2D eigenvalue weighted by Gasteiger charge is 2.15. The smallest absolute Gasteiger partial charge is 0.0339 e. The normalized spacial score (nSPS) is 7.36. The van der Waals surface area contributed by atoms with Crippen molar-refractivity contribution in [3.05, 3.63) is 108 Å². The van der Waals surface area contributed by atoms with Gasteiger partial charge in [-0.05, 0) is 16.7 Å². The summed E-state index contributed by atoms with van der Waals surface area (Å²) >= 11 is 0. The fourth-order valence-electron chi connectivity index (χ4n) is 2.51. The molecule has 0 atom stereocenters. The first-order chi connectivity index (χ1) is 16.4. The van der Waals surface area contributed by atoms with Gasteiger partial charge in [0.2, 0.25) is 0 Å². The minimum absolute atomic E-state index is 0.309. The Balaban J connectivity index is -0.000000161. The van der Waals surface area contributed by atoms with Crippen molar-refractivity contribution in [2.24, 2.45) is 0 Å². The number of aliphatic hydroxyl groups excluding tert-OH is 3. The van der Waals surface area contributed by atoms with Gasteiger partial charge in [-0.2, -0.15) is 0 Å². The molecule has 0 fully saturated rings. The standard InChI is InChI=1S/C19H16.4C2H6.3CH4O/c1-4-10-16(11-5-1)19(17-12-6-2-7-13-17)18-14-8-3-9-15-18;7*1-2/h1-15,19H;4*1-2H3;3*2H,1H3. The van der Waals surface area contributed by atoms with Crippen LogP contribution in [0, 0.1) is 0 Å². The van der Waals surface area contributed by atoms with E-state index in [0.717, 1.165) is 21.3 Å². The number of benzene rings is 3. The van der Waals surface area contributed by atoms with Crippen LogP contribution in [0.3, 0.4) is 0 Å². The highest BCUT2D eigenvalue weighted by atomic mass is 16.2. The molecule has 0 aliphatic carbocycles. The average molecular weight is 461 g/mol. The van der Waals surface area contributed by atoms with Crippen molar-refractivity contribution < 1.29 is 15.3 Å². The lowest BCUT2D eigenvalue weighted by atomic mass is 9.85. The van der Waals surface area contributed by atoms with E-state index in [9.17, 15) is 0 Å². The summed E-state index contributed by atoms with van der Waals surface area (Å²) in [5.41, 5.74) is 4.00. The van der Waals surface area contributed by atoms with Gasteiger partial charge in [-0.15, -0.1) is 0 Å². The van der Waals surface area contributed by atoms with Crippen molar-refractivity contribution in [2.75, 3.05) is 21.3 Å². The monoisotopic (exact) mass is 460 g/mol. The van der Waals surface area contributed by atoms with Gasteiger partial charge >= 0.3 is 0 Å². The SMILES string of the molecule is CC.CC.CC.CC.CO.CO.CO.c1ccc(C(c2ccccc2)c2ccccc2)cc1. The van der Waals surface area contributed by atoms with Gasteiger partial charge in [0.05, 0.1) is 0 Å². The van der Waals surface area contributed by atoms with Crippen LogP contribution in [0.25, 0.3) is 0 Å². The van der Waals surface area contributed by atoms with Crippen LogP contribution in [0.1, 0.15) is 78.0 Å². The number of hydrogen-bond donors (Lipinski definition) is 3. The van der Waals surface area contributed by atoms with Crippen molar-refractivity contribution in [1.82, 2.24) is 0 Å². The molecule has 3 rings (SSSR count). The molecule has 0 saturated heterocycles. The summed E-state index contributed by atoms with van der Waals surface area (Å²) in [5.74, 6) is 0.309. The summed E-state index contributed by atoms with van der Waals surface area (Å²) in [5, 5.41) is 21.0. The Kier molecular flexibility index (Phi) is 49.5. The third-order valence-electron chi connectivity index (χ3n) is 3.40. The lowest BCUT2D eigenvalue weighted by Gasteiger charge is -2.18.